The van der Waals surface area contributed by atoms with Crippen molar-refractivity contribution < 1.29 is 22.7 Å². The highest BCUT2D eigenvalue weighted by Gasteiger charge is 2.22. The number of likely N-dealkylation sites (N-methyl/N-ethyl adjacent to an activating group) is 1. The van der Waals surface area contributed by atoms with Crippen LogP contribution in [0.15, 0.2) is 41.0 Å². The zero-order valence-corrected chi connectivity index (χ0v) is 20.7. The van der Waals surface area contributed by atoms with E-state index in [0.717, 1.165) is 6.07 Å². The minimum atomic E-state index is -0.886. The Morgan fingerprint density at radius 2 is 1.95 bits per heavy atom. The minimum absolute atomic E-state index is 0.212. The van der Waals surface area contributed by atoms with Gasteiger partial charge in [0.15, 0.2) is 29.6 Å². The summed E-state index contributed by atoms with van der Waals surface area (Å²) >= 11 is 0. The van der Waals surface area contributed by atoms with E-state index in [9.17, 15) is 13.6 Å². The molecule has 0 spiro atoms. The third-order valence-electron chi connectivity index (χ3n) is 6.29. The molecule has 1 amide bonds. The number of amides is 1. The molecule has 1 aliphatic heterocycles. The average Bonchev–Trinajstić information content (AvgIpc) is 3.57. The topological polar surface area (TPSA) is 144 Å². The van der Waals surface area contributed by atoms with Crippen molar-refractivity contribution in [2.45, 2.75) is 0 Å². The van der Waals surface area contributed by atoms with E-state index in [-0.39, 0.29) is 17.4 Å². The second-order valence-corrected chi connectivity index (χ2v) is 8.90. The number of hydrogen-bond acceptors (Lipinski definition) is 10. The monoisotopic (exact) mass is 527 g/mol. The molecular formula is C24H27F2N9O3. The summed E-state index contributed by atoms with van der Waals surface area (Å²) in [5, 5.41) is 4.41. The van der Waals surface area contributed by atoms with Gasteiger partial charge in [-0.1, -0.05) is 0 Å². The Labute approximate surface area is 216 Å². The number of rotatable bonds is 9. The van der Waals surface area contributed by atoms with Crippen LogP contribution >= 0.6 is 0 Å². The van der Waals surface area contributed by atoms with E-state index in [1.165, 1.54) is 10.6 Å². The predicted octanol–water partition coefficient (Wildman–Crippen LogP) is 1.37. The van der Waals surface area contributed by atoms with E-state index in [2.05, 4.69) is 20.0 Å². The van der Waals surface area contributed by atoms with Gasteiger partial charge in [-0.3, -0.25) is 9.69 Å². The molecule has 0 unspecified atom stereocenters. The number of piperazine rings is 1. The number of primary amides is 1. The van der Waals surface area contributed by atoms with Gasteiger partial charge in [-0.15, -0.1) is 0 Å². The SMILES string of the molecule is CN(CCN1CCN(c2cc(OCC(N)=O)c(F)cc2F)CC1)c1nc(N)n2nc(-c3ccco3)cc2n1. The van der Waals surface area contributed by atoms with Crippen LogP contribution in [-0.2, 0) is 4.79 Å². The van der Waals surface area contributed by atoms with E-state index in [4.69, 9.17) is 20.6 Å². The fraction of sp³-hybridized carbons (Fsp3) is 0.333. The van der Waals surface area contributed by atoms with E-state index < -0.39 is 24.1 Å². The van der Waals surface area contributed by atoms with Crippen LogP contribution in [0.1, 0.15) is 0 Å². The molecular weight excluding hydrogens is 500 g/mol. The van der Waals surface area contributed by atoms with Crippen LogP contribution in [0.5, 0.6) is 5.75 Å². The van der Waals surface area contributed by atoms with Crippen molar-refractivity contribution in [1.29, 1.82) is 0 Å². The van der Waals surface area contributed by atoms with Crippen molar-refractivity contribution in [3.05, 3.63) is 48.2 Å². The quantitative estimate of drug-likeness (QED) is 0.327. The fourth-order valence-electron chi connectivity index (χ4n) is 4.24. The normalized spacial score (nSPS) is 14.2. The Morgan fingerprint density at radius 3 is 2.66 bits per heavy atom. The molecule has 4 heterocycles. The molecule has 0 saturated carbocycles. The van der Waals surface area contributed by atoms with Gasteiger partial charge in [0.2, 0.25) is 11.9 Å². The maximum Gasteiger partial charge on any atom is 0.255 e. The second-order valence-electron chi connectivity index (χ2n) is 8.90. The number of aromatic nitrogens is 4. The highest BCUT2D eigenvalue weighted by molar-refractivity contribution is 5.75. The summed E-state index contributed by atoms with van der Waals surface area (Å²) in [4.78, 5) is 25.9. The highest BCUT2D eigenvalue weighted by atomic mass is 19.1. The van der Waals surface area contributed by atoms with Crippen molar-refractivity contribution >= 4 is 29.1 Å². The Balaban J connectivity index is 1.18. The Morgan fingerprint density at radius 1 is 1.16 bits per heavy atom. The number of carbonyl (C=O) groups is 1. The summed E-state index contributed by atoms with van der Waals surface area (Å²) < 4.78 is 40.5. The molecule has 0 aliphatic carbocycles. The van der Waals surface area contributed by atoms with Gasteiger partial charge in [0.05, 0.1) is 12.0 Å². The van der Waals surface area contributed by atoms with Crippen molar-refractivity contribution in [2.24, 2.45) is 5.73 Å². The van der Waals surface area contributed by atoms with Gasteiger partial charge in [-0.05, 0) is 12.1 Å². The zero-order valence-electron chi connectivity index (χ0n) is 20.7. The zero-order chi connectivity index (χ0) is 26.8. The highest BCUT2D eigenvalue weighted by Crippen LogP contribution is 2.29. The molecule has 12 nitrogen and oxygen atoms in total. The Bertz CT molecular complexity index is 1440. The summed E-state index contributed by atoms with van der Waals surface area (Å²) in [5.74, 6) is -1.25. The number of benzene rings is 1. The molecule has 0 radical (unpaired) electrons. The van der Waals surface area contributed by atoms with E-state index in [1.54, 1.807) is 24.5 Å². The van der Waals surface area contributed by atoms with Crippen molar-refractivity contribution in [1.82, 2.24) is 24.5 Å². The van der Waals surface area contributed by atoms with E-state index in [1.807, 2.05) is 16.8 Å². The van der Waals surface area contributed by atoms with E-state index >= 15 is 0 Å². The fourth-order valence-corrected chi connectivity index (χ4v) is 4.24. The number of halogens is 2. The number of carbonyl (C=O) groups excluding carboxylic acids is 1. The third-order valence-corrected chi connectivity index (χ3v) is 6.29. The average molecular weight is 528 g/mol. The summed E-state index contributed by atoms with van der Waals surface area (Å²) in [7, 11) is 1.88. The molecule has 5 rings (SSSR count). The first-order valence-corrected chi connectivity index (χ1v) is 11.9. The lowest BCUT2D eigenvalue weighted by atomic mass is 10.2. The van der Waals surface area contributed by atoms with Crippen molar-refractivity contribution in [3.8, 4) is 17.2 Å². The summed E-state index contributed by atoms with van der Waals surface area (Å²) in [5.41, 5.74) is 12.6. The lowest BCUT2D eigenvalue weighted by Crippen LogP contribution is -2.48. The molecule has 4 aromatic rings. The van der Waals surface area contributed by atoms with Gasteiger partial charge in [-0.25, -0.2) is 8.78 Å². The lowest BCUT2D eigenvalue weighted by molar-refractivity contribution is -0.120. The molecule has 1 aromatic carbocycles. The molecule has 1 saturated heterocycles. The maximum absolute atomic E-state index is 14.5. The second kappa shape index (κ2) is 10.5. The van der Waals surface area contributed by atoms with Gasteiger partial charge >= 0.3 is 0 Å². The lowest BCUT2D eigenvalue weighted by Gasteiger charge is -2.37. The van der Waals surface area contributed by atoms with Gasteiger partial charge < -0.3 is 30.4 Å². The molecule has 3 aromatic heterocycles. The number of nitrogens with two attached hydrogens (primary N) is 2. The first-order valence-electron chi connectivity index (χ1n) is 11.9. The van der Waals surface area contributed by atoms with Gasteiger partial charge in [0.1, 0.15) is 11.5 Å². The molecule has 38 heavy (non-hydrogen) atoms. The smallest absolute Gasteiger partial charge is 0.255 e. The minimum Gasteiger partial charge on any atom is -0.481 e. The molecule has 200 valence electrons. The van der Waals surface area contributed by atoms with Crippen LogP contribution in [0.2, 0.25) is 0 Å². The first kappa shape index (κ1) is 25.2. The van der Waals surface area contributed by atoms with Crippen LogP contribution in [0.3, 0.4) is 0 Å². The largest absolute Gasteiger partial charge is 0.481 e. The van der Waals surface area contributed by atoms with Gasteiger partial charge in [0.25, 0.3) is 5.91 Å². The number of furan rings is 1. The molecule has 0 atom stereocenters. The van der Waals surface area contributed by atoms with Crippen LogP contribution in [0.25, 0.3) is 17.1 Å². The summed E-state index contributed by atoms with van der Waals surface area (Å²) in [6.45, 7) is 3.25. The number of nitrogens with zero attached hydrogens (tertiary/aromatic N) is 7. The van der Waals surface area contributed by atoms with Gasteiger partial charge in [0, 0.05) is 64.5 Å². The first-order chi connectivity index (χ1) is 18.3. The van der Waals surface area contributed by atoms with Crippen molar-refractivity contribution in [2.75, 3.05) is 68.5 Å². The van der Waals surface area contributed by atoms with Crippen LogP contribution < -0.4 is 26.0 Å². The standard InChI is InChI=1S/C24H27F2N9O3/c1-32(24-29-22-12-17(19-3-2-10-37-19)31-35(22)23(28)30-24)4-5-33-6-8-34(9-7-33)18-13-20(38-14-21(27)36)16(26)11-15(18)25/h2-3,10-13H,4-9,14H2,1H3,(H2,27,36)(H2,28,29,30). The maximum atomic E-state index is 14.5. The Kier molecular flexibility index (Phi) is 6.96. The van der Waals surface area contributed by atoms with Crippen LogP contribution in [-0.4, -0.2) is 83.3 Å². The molecule has 1 aliphatic rings. The number of hydrogen-bond donors (Lipinski definition) is 2. The number of anilines is 3. The molecule has 1 fully saturated rings. The number of nitrogen functional groups attached to an aromatic ring is 1. The summed E-state index contributed by atoms with van der Waals surface area (Å²) in [6, 6.07) is 7.39. The molecule has 4 N–H and O–H groups in total. The Hall–Kier alpha value is -4.46. The predicted molar refractivity (Wildman–Crippen MR) is 136 cm³/mol. The molecule has 0 bridgehead atoms. The number of ether oxygens (including phenoxy) is 1. The number of fused-ring (bicyclic) bond motifs is 1. The van der Waals surface area contributed by atoms with Crippen LogP contribution in [0.4, 0.5) is 26.4 Å². The van der Waals surface area contributed by atoms with Gasteiger partial charge in [-0.2, -0.15) is 19.6 Å². The molecule has 14 heteroatoms. The third kappa shape index (κ3) is 5.29. The van der Waals surface area contributed by atoms with Crippen molar-refractivity contribution in [3.63, 3.8) is 0 Å². The van der Waals surface area contributed by atoms with Crippen LogP contribution in [0, 0.1) is 11.6 Å². The summed E-state index contributed by atoms with van der Waals surface area (Å²) in [6.07, 6.45) is 1.57. The van der Waals surface area contributed by atoms with E-state index in [0.29, 0.717) is 62.3 Å².